The van der Waals surface area contributed by atoms with Crippen molar-refractivity contribution in [1.82, 2.24) is 25.0 Å². The van der Waals surface area contributed by atoms with E-state index in [1.165, 1.54) is 35.3 Å². The van der Waals surface area contributed by atoms with Crippen LogP contribution < -0.4 is 5.32 Å². The Kier molecular flexibility index (Phi) is 3.68. The summed E-state index contributed by atoms with van der Waals surface area (Å²) < 4.78 is 29.7. The number of H-pyrrole nitrogens is 1. The molecule has 4 aromatic rings. The van der Waals surface area contributed by atoms with Crippen LogP contribution in [0.4, 0.5) is 14.5 Å². The van der Waals surface area contributed by atoms with Gasteiger partial charge in [0, 0.05) is 30.3 Å². The van der Waals surface area contributed by atoms with Gasteiger partial charge in [0.15, 0.2) is 0 Å². The number of hydrogen-bond acceptors (Lipinski definition) is 4. The SMILES string of the molecule is Cn1cc(-c2nc(C(=O)Nc3cc4cn[nH]c4cc3F)ccc2F)cn1. The fourth-order valence-electron chi connectivity index (χ4n) is 2.56. The van der Waals surface area contributed by atoms with Crippen LogP contribution in [-0.4, -0.2) is 30.9 Å². The van der Waals surface area contributed by atoms with Crippen molar-refractivity contribution in [2.75, 3.05) is 5.32 Å². The maximum absolute atomic E-state index is 14.1. The second-order valence-electron chi connectivity index (χ2n) is 5.67. The highest BCUT2D eigenvalue weighted by molar-refractivity contribution is 6.04. The highest BCUT2D eigenvalue weighted by atomic mass is 19.1. The zero-order chi connectivity index (χ0) is 18.3. The number of anilines is 1. The van der Waals surface area contributed by atoms with Gasteiger partial charge >= 0.3 is 0 Å². The van der Waals surface area contributed by atoms with Gasteiger partial charge in [0.25, 0.3) is 5.91 Å². The van der Waals surface area contributed by atoms with Crippen molar-refractivity contribution in [2.45, 2.75) is 0 Å². The van der Waals surface area contributed by atoms with Crippen LogP contribution in [0.2, 0.25) is 0 Å². The van der Waals surface area contributed by atoms with Gasteiger partial charge in [-0.1, -0.05) is 0 Å². The number of nitrogens with zero attached hydrogens (tertiary/aromatic N) is 4. The number of aromatic nitrogens is 5. The summed E-state index contributed by atoms with van der Waals surface area (Å²) in [5, 5.41) is 13.5. The molecule has 1 amide bonds. The largest absolute Gasteiger partial charge is 0.318 e. The molecule has 0 atom stereocenters. The number of amides is 1. The molecule has 0 aliphatic heterocycles. The maximum atomic E-state index is 14.1. The quantitative estimate of drug-likeness (QED) is 0.592. The summed E-state index contributed by atoms with van der Waals surface area (Å²) in [5.41, 5.74) is 0.885. The van der Waals surface area contributed by atoms with E-state index in [0.29, 0.717) is 16.5 Å². The van der Waals surface area contributed by atoms with Gasteiger partial charge in [0.2, 0.25) is 0 Å². The first kappa shape index (κ1) is 15.9. The number of carbonyl (C=O) groups excluding carboxylic acids is 1. The molecule has 0 spiro atoms. The van der Waals surface area contributed by atoms with Crippen LogP contribution in [0.1, 0.15) is 10.5 Å². The monoisotopic (exact) mass is 354 g/mol. The highest BCUT2D eigenvalue weighted by Gasteiger charge is 2.16. The van der Waals surface area contributed by atoms with E-state index >= 15 is 0 Å². The van der Waals surface area contributed by atoms with E-state index in [4.69, 9.17) is 0 Å². The van der Waals surface area contributed by atoms with E-state index in [0.717, 1.165) is 6.07 Å². The number of hydrogen-bond donors (Lipinski definition) is 2. The predicted octanol–water partition coefficient (Wildman–Crippen LogP) is 2.89. The summed E-state index contributed by atoms with van der Waals surface area (Å²) in [6.45, 7) is 0. The number of pyridine rings is 1. The van der Waals surface area contributed by atoms with Gasteiger partial charge in [-0.2, -0.15) is 10.2 Å². The van der Waals surface area contributed by atoms with Gasteiger partial charge in [-0.3, -0.25) is 14.6 Å². The Morgan fingerprint density at radius 2 is 2.04 bits per heavy atom. The van der Waals surface area contributed by atoms with Crippen molar-refractivity contribution < 1.29 is 13.6 Å². The van der Waals surface area contributed by atoms with Crippen molar-refractivity contribution in [3.63, 3.8) is 0 Å². The van der Waals surface area contributed by atoms with E-state index < -0.39 is 17.5 Å². The van der Waals surface area contributed by atoms with E-state index in [9.17, 15) is 13.6 Å². The third-order valence-corrected chi connectivity index (χ3v) is 3.83. The van der Waals surface area contributed by atoms with Crippen LogP contribution in [0.25, 0.3) is 22.2 Å². The van der Waals surface area contributed by atoms with Gasteiger partial charge in [-0.15, -0.1) is 0 Å². The minimum Gasteiger partial charge on any atom is -0.318 e. The molecule has 7 nitrogen and oxygen atoms in total. The lowest BCUT2D eigenvalue weighted by Crippen LogP contribution is -2.15. The molecule has 9 heteroatoms. The molecule has 4 rings (SSSR count). The number of aryl methyl sites for hydroxylation is 1. The van der Waals surface area contributed by atoms with Crippen LogP contribution in [-0.2, 0) is 7.05 Å². The second-order valence-corrected chi connectivity index (χ2v) is 5.67. The van der Waals surface area contributed by atoms with Crippen LogP contribution in [0.15, 0.2) is 42.9 Å². The van der Waals surface area contributed by atoms with Gasteiger partial charge in [0.1, 0.15) is 23.0 Å². The first-order valence-corrected chi connectivity index (χ1v) is 7.61. The number of fused-ring (bicyclic) bond motifs is 1. The Bertz CT molecular complexity index is 1130. The summed E-state index contributed by atoms with van der Waals surface area (Å²) in [5.74, 6) is -1.86. The average Bonchev–Trinajstić information content (AvgIpc) is 3.24. The van der Waals surface area contributed by atoms with E-state index in [2.05, 4.69) is 25.6 Å². The van der Waals surface area contributed by atoms with Crippen molar-refractivity contribution >= 4 is 22.5 Å². The van der Waals surface area contributed by atoms with Crippen LogP contribution in [0.5, 0.6) is 0 Å². The summed E-state index contributed by atoms with van der Waals surface area (Å²) in [6.07, 6.45) is 4.54. The van der Waals surface area contributed by atoms with Crippen molar-refractivity contribution in [3.05, 3.63) is 60.2 Å². The minimum absolute atomic E-state index is 0.00323. The normalized spacial score (nSPS) is 11.0. The summed E-state index contributed by atoms with van der Waals surface area (Å²) in [7, 11) is 1.69. The molecule has 130 valence electrons. The molecule has 2 N–H and O–H groups in total. The lowest BCUT2D eigenvalue weighted by Gasteiger charge is -2.08. The second kappa shape index (κ2) is 6.03. The van der Waals surface area contributed by atoms with Crippen LogP contribution >= 0.6 is 0 Å². The first-order chi connectivity index (χ1) is 12.5. The summed E-state index contributed by atoms with van der Waals surface area (Å²) >= 11 is 0. The molecule has 26 heavy (non-hydrogen) atoms. The van der Waals surface area contributed by atoms with Crippen LogP contribution in [0.3, 0.4) is 0 Å². The molecule has 0 saturated carbocycles. The molecular weight excluding hydrogens is 342 g/mol. The minimum atomic E-state index is -0.656. The zero-order valence-electron chi connectivity index (χ0n) is 13.5. The van der Waals surface area contributed by atoms with Crippen molar-refractivity contribution in [3.8, 4) is 11.3 Å². The van der Waals surface area contributed by atoms with Gasteiger partial charge < -0.3 is 5.32 Å². The molecule has 0 aliphatic rings. The summed E-state index contributed by atoms with van der Waals surface area (Å²) in [4.78, 5) is 16.5. The molecule has 0 unspecified atom stereocenters. The fraction of sp³-hybridized carbons (Fsp3) is 0.0588. The predicted molar refractivity (Wildman–Crippen MR) is 90.4 cm³/mol. The molecule has 1 aromatic carbocycles. The highest BCUT2D eigenvalue weighted by Crippen LogP contribution is 2.23. The maximum Gasteiger partial charge on any atom is 0.274 e. The number of rotatable bonds is 3. The van der Waals surface area contributed by atoms with Gasteiger partial charge in [-0.25, -0.2) is 13.8 Å². The lowest BCUT2D eigenvalue weighted by atomic mass is 10.2. The lowest BCUT2D eigenvalue weighted by molar-refractivity contribution is 0.102. The van der Waals surface area contributed by atoms with Crippen molar-refractivity contribution in [2.24, 2.45) is 7.05 Å². The number of nitrogens with one attached hydrogen (secondary N) is 2. The smallest absolute Gasteiger partial charge is 0.274 e. The Labute approximate surface area is 145 Å². The number of carbonyl (C=O) groups is 1. The third kappa shape index (κ3) is 2.79. The fourth-order valence-corrected chi connectivity index (χ4v) is 2.56. The Morgan fingerprint density at radius 3 is 2.81 bits per heavy atom. The van der Waals surface area contributed by atoms with Crippen molar-refractivity contribution in [1.29, 1.82) is 0 Å². The van der Waals surface area contributed by atoms with E-state index in [1.807, 2.05) is 0 Å². The molecule has 0 aliphatic carbocycles. The van der Waals surface area contributed by atoms with E-state index in [-0.39, 0.29) is 17.1 Å². The third-order valence-electron chi connectivity index (χ3n) is 3.83. The molecule has 3 heterocycles. The first-order valence-electron chi connectivity index (χ1n) is 7.61. The molecular formula is C17H12F2N6O. The molecule has 0 radical (unpaired) electrons. The molecule has 0 bridgehead atoms. The molecule has 3 aromatic heterocycles. The topological polar surface area (TPSA) is 88.5 Å². The molecule has 0 fully saturated rings. The van der Waals surface area contributed by atoms with Crippen LogP contribution in [0, 0.1) is 11.6 Å². The number of halogens is 2. The summed E-state index contributed by atoms with van der Waals surface area (Å²) in [6, 6.07) is 5.06. The van der Waals surface area contributed by atoms with E-state index in [1.54, 1.807) is 13.2 Å². The number of benzene rings is 1. The Morgan fingerprint density at radius 1 is 1.19 bits per heavy atom. The molecule has 0 saturated heterocycles. The Balaban J connectivity index is 1.66. The Hall–Kier alpha value is -3.62. The zero-order valence-corrected chi connectivity index (χ0v) is 13.5. The average molecular weight is 354 g/mol. The van der Waals surface area contributed by atoms with Gasteiger partial charge in [-0.05, 0) is 18.2 Å². The number of aromatic amines is 1. The van der Waals surface area contributed by atoms with Gasteiger partial charge in [0.05, 0.1) is 23.6 Å². The standard InChI is InChI=1S/C17H12F2N6O/c1-25-8-10(7-21-25)16-11(18)2-3-13(22-16)17(26)23-15-4-9-6-20-24-14(9)5-12(15)19/h2-8H,1H3,(H,20,24)(H,23,26).